The molecule has 0 aliphatic rings. The van der Waals surface area contributed by atoms with E-state index in [4.69, 9.17) is 4.74 Å². The molecule has 0 amide bonds. The van der Waals surface area contributed by atoms with Crippen molar-refractivity contribution in [1.82, 2.24) is 0 Å². The van der Waals surface area contributed by atoms with Crippen LogP contribution in [0.4, 0.5) is 14.5 Å². The number of methoxy groups -OCH3 is 1. The predicted molar refractivity (Wildman–Crippen MR) is 77.4 cm³/mol. The number of aliphatic hydroxyl groups is 1. The molecule has 2 N–H and O–H groups in total. The second-order valence-electron chi connectivity index (χ2n) is 4.91. The lowest BCUT2D eigenvalue weighted by atomic mass is 9.91. The maximum absolute atomic E-state index is 14.2. The molecule has 0 bridgehead atoms. The Morgan fingerprint density at radius 3 is 2.38 bits per heavy atom. The van der Waals surface area contributed by atoms with Crippen LogP contribution in [0.3, 0.4) is 0 Å². The second kappa shape index (κ2) is 6.10. The lowest BCUT2D eigenvalue weighted by molar-refractivity contribution is 0.216. The third kappa shape index (κ3) is 2.97. The van der Waals surface area contributed by atoms with Crippen LogP contribution < -0.4 is 10.1 Å². The minimum atomic E-state index is -1.22. The summed E-state index contributed by atoms with van der Waals surface area (Å²) in [6.45, 7) is 1.15. The van der Waals surface area contributed by atoms with Gasteiger partial charge in [-0.15, -0.1) is 0 Å². The molecule has 0 aliphatic heterocycles. The van der Waals surface area contributed by atoms with Crippen LogP contribution in [0.5, 0.6) is 5.75 Å². The lowest BCUT2D eigenvalue weighted by Gasteiger charge is -2.32. The number of ether oxygens (including phenoxy) is 1. The Labute approximate surface area is 122 Å². The Hall–Kier alpha value is -2.14. The van der Waals surface area contributed by atoms with Crippen LogP contribution in [0.25, 0.3) is 0 Å². The van der Waals surface area contributed by atoms with E-state index in [0.717, 1.165) is 0 Å². The maximum atomic E-state index is 14.2. The molecule has 2 rings (SSSR count). The van der Waals surface area contributed by atoms with Gasteiger partial charge in [-0.05, 0) is 31.2 Å². The number of anilines is 1. The van der Waals surface area contributed by atoms with Crippen LogP contribution in [-0.4, -0.2) is 18.8 Å². The van der Waals surface area contributed by atoms with E-state index in [1.54, 1.807) is 25.1 Å². The minimum absolute atomic E-state index is 0.151. The summed E-state index contributed by atoms with van der Waals surface area (Å²) < 4.78 is 33.1. The number of hydrogen-bond acceptors (Lipinski definition) is 3. The van der Waals surface area contributed by atoms with E-state index in [0.29, 0.717) is 0 Å². The number of hydrogen-bond donors (Lipinski definition) is 2. The van der Waals surface area contributed by atoms with Crippen LogP contribution in [0.15, 0.2) is 42.5 Å². The first-order valence-electron chi connectivity index (χ1n) is 6.48. The van der Waals surface area contributed by atoms with E-state index in [9.17, 15) is 13.9 Å². The number of halogens is 2. The molecule has 2 aromatic carbocycles. The fraction of sp³-hybridized carbons (Fsp3) is 0.250. The normalized spacial score (nSPS) is 13.6. The molecule has 1 unspecified atom stereocenters. The zero-order valence-corrected chi connectivity index (χ0v) is 11.9. The Kier molecular flexibility index (Phi) is 4.43. The zero-order valence-electron chi connectivity index (χ0n) is 11.9. The average Bonchev–Trinajstić information content (AvgIpc) is 2.49. The van der Waals surface area contributed by atoms with Crippen LogP contribution >= 0.6 is 0 Å². The summed E-state index contributed by atoms with van der Waals surface area (Å²) in [6, 6.07) is 10.4. The first kappa shape index (κ1) is 15.3. The smallest absolute Gasteiger partial charge is 0.146 e. The largest absolute Gasteiger partial charge is 0.496 e. The van der Waals surface area contributed by atoms with Crippen LogP contribution in [0.1, 0.15) is 12.5 Å². The topological polar surface area (TPSA) is 41.5 Å². The molecule has 112 valence electrons. The maximum Gasteiger partial charge on any atom is 0.146 e. The number of para-hydroxylation sites is 1. The highest BCUT2D eigenvalue weighted by atomic mass is 19.1. The van der Waals surface area contributed by atoms with Crippen molar-refractivity contribution < 1.29 is 18.6 Å². The van der Waals surface area contributed by atoms with E-state index >= 15 is 0 Å². The van der Waals surface area contributed by atoms with E-state index in [1.807, 2.05) is 0 Å². The Morgan fingerprint density at radius 1 is 1.10 bits per heavy atom. The van der Waals surface area contributed by atoms with E-state index < -0.39 is 23.8 Å². The van der Waals surface area contributed by atoms with Crippen LogP contribution in [0.2, 0.25) is 0 Å². The number of aliphatic hydroxyl groups excluding tert-OH is 1. The number of benzene rings is 2. The van der Waals surface area contributed by atoms with Crippen molar-refractivity contribution in [2.75, 3.05) is 19.0 Å². The van der Waals surface area contributed by atoms with Gasteiger partial charge in [0.15, 0.2) is 0 Å². The molecule has 0 heterocycles. The highest BCUT2D eigenvalue weighted by Crippen LogP contribution is 2.35. The number of rotatable bonds is 5. The molecule has 0 fully saturated rings. The molecule has 0 spiro atoms. The van der Waals surface area contributed by atoms with Crippen molar-refractivity contribution in [2.45, 2.75) is 12.5 Å². The summed E-state index contributed by atoms with van der Waals surface area (Å²) in [5.74, 6) is -0.724. The molecular formula is C16H17F2NO2. The van der Waals surface area contributed by atoms with Gasteiger partial charge < -0.3 is 15.2 Å². The third-order valence-corrected chi connectivity index (χ3v) is 3.35. The van der Waals surface area contributed by atoms with Gasteiger partial charge in [-0.1, -0.05) is 18.2 Å². The average molecular weight is 293 g/mol. The molecule has 0 radical (unpaired) electrons. The quantitative estimate of drug-likeness (QED) is 0.889. The SMILES string of the molecule is COc1cccc(F)c1C(C)(CO)Nc1ccccc1F. The van der Waals surface area contributed by atoms with Gasteiger partial charge in [0.05, 0.1) is 30.5 Å². The van der Waals surface area contributed by atoms with Gasteiger partial charge >= 0.3 is 0 Å². The molecule has 1 atom stereocenters. The van der Waals surface area contributed by atoms with Gasteiger partial charge in [0.1, 0.15) is 17.4 Å². The molecule has 21 heavy (non-hydrogen) atoms. The van der Waals surface area contributed by atoms with Gasteiger partial charge in [0.2, 0.25) is 0 Å². The molecular weight excluding hydrogens is 276 g/mol. The molecule has 0 saturated heterocycles. The first-order valence-corrected chi connectivity index (χ1v) is 6.48. The lowest BCUT2D eigenvalue weighted by Crippen LogP contribution is -2.37. The van der Waals surface area contributed by atoms with Gasteiger partial charge in [-0.2, -0.15) is 0 Å². The van der Waals surface area contributed by atoms with Gasteiger partial charge in [0, 0.05) is 0 Å². The Morgan fingerprint density at radius 2 is 1.76 bits per heavy atom. The molecule has 0 aromatic heterocycles. The van der Waals surface area contributed by atoms with E-state index in [1.165, 1.54) is 31.4 Å². The van der Waals surface area contributed by atoms with Crippen molar-refractivity contribution in [3.63, 3.8) is 0 Å². The monoisotopic (exact) mass is 293 g/mol. The summed E-state index contributed by atoms with van der Waals surface area (Å²) >= 11 is 0. The zero-order chi connectivity index (χ0) is 15.5. The molecule has 2 aromatic rings. The highest BCUT2D eigenvalue weighted by molar-refractivity contribution is 5.52. The Balaban J connectivity index is 2.49. The summed E-state index contributed by atoms with van der Waals surface area (Å²) in [7, 11) is 1.42. The van der Waals surface area contributed by atoms with Crippen LogP contribution in [0, 0.1) is 11.6 Å². The summed E-state index contributed by atoms with van der Waals surface area (Å²) in [4.78, 5) is 0. The predicted octanol–water partition coefficient (Wildman–Crippen LogP) is 3.29. The van der Waals surface area contributed by atoms with E-state index in [2.05, 4.69) is 5.32 Å². The third-order valence-electron chi connectivity index (χ3n) is 3.35. The van der Waals surface area contributed by atoms with Gasteiger partial charge in [-0.25, -0.2) is 8.78 Å². The fourth-order valence-corrected chi connectivity index (χ4v) is 2.25. The molecule has 0 aliphatic carbocycles. The summed E-state index contributed by atoms with van der Waals surface area (Å²) in [5.41, 5.74) is -0.892. The number of nitrogens with one attached hydrogen (secondary N) is 1. The first-order chi connectivity index (χ1) is 10.0. The molecule has 0 saturated carbocycles. The van der Waals surface area contributed by atoms with Crippen molar-refractivity contribution in [3.8, 4) is 5.75 Å². The second-order valence-corrected chi connectivity index (χ2v) is 4.91. The highest BCUT2D eigenvalue weighted by Gasteiger charge is 2.33. The molecule has 5 heteroatoms. The van der Waals surface area contributed by atoms with Crippen molar-refractivity contribution >= 4 is 5.69 Å². The van der Waals surface area contributed by atoms with Gasteiger partial charge in [-0.3, -0.25) is 0 Å². The fourth-order valence-electron chi connectivity index (χ4n) is 2.25. The standard InChI is InChI=1S/C16H17F2NO2/c1-16(10-20,19-13-8-4-3-6-11(13)17)15-12(18)7-5-9-14(15)21-2/h3-9,19-20H,10H2,1-2H3. The summed E-state index contributed by atoms with van der Waals surface area (Å²) in [5, 5.41) is 12.6. The minimum Gasteiger partial charge on any atom is -0.496 e. The molecule has 3 nitrogen and oxygen atoms in total. The van der Waals surface area contributed by atoms with Crippen molar-refractivity contribution in [3.05, 3.63) is 59.7 Å². The Bertz CT molecular complexity index is 633. The summed E-state index contributed by atoms with van der Waals surface area (Å²) in [6.07, 6.45) is 0. The van der Waals surface area contributed by atoms with Crippen molar-refractivity contribution in [2.24, 2.45) is 0 Å². The van der Waals surface area contributed by atoms with E-state index in [-0.39, 0.29) is 17.0 Å². The van der Waals surface area contributed by atoms with Gasteiger partial charge in [0.25, 0.3) is 0 Å². The van der Waals surface area contributed by atoms with Crippen LogP contribution in [-0.2, 0) is 5.54 Å². The van der Waals surface area contributed by atoms with Crippen molar-refractivity contribution in [1.29, 1.82) is 0 Å².